The van der Waals surface area contributed by atoms with E-state index in [9.17, 15) is 27.9 Å². The van der Waals surface area contributed by atoms with E-state index in [4.69, 9.17) is 10.5 Å². The smallest absolute Gasteiger partial charge is 0.407 e. The number of β-lactam (4-membered cyclic amide) rings is 1. The average molecular weight is 424 g/mol. The first-order valence-corrected chi connectivity index (χ1v) is 10.2. The van der Waals surface area contributed by atoms with Gasteiger partial charge >= 0.3 is 12.1 Å². The van der Waals surface area contributed by atoms with Gasteiger partial charge in [0, 0.05) is 19.3 Å². The summed E-state index contributed by atoms with van der Waals surface area (Å²) in [6.45, 7) is 0.671. The lowest BCUT2D eigenvalue weighted by Crippen LogP contribution is -2.59. The number of carboxylic acid groups (broad SMARTS) is 1. The SMILES string of the molecule is CC1(COC(=O)NCCN)C(C(=O)O)N2C(=O)C(=Cc3ccccn3)C2S1(=O)=O. The number of carboxylic acids is 1. The number of nitrogens with two attached hydrogens (primary N) is 1. The zero-order valence-corrected chi connectivity index (χ0v) is 16.3. The molecule has 2 amide bonds. The van der Waals surface area contributed by atoms with Crippen LogP contribution in [0.3, 0.4) is 0 Å². The summed E-state index contributed by atoms with van der Waals surface area (Å²) in [6, 6.07) is 3.21. The summed E-state index contributed by atoms with van der Waals surface area (Å²) in [4.78, 5) is 41.0. The molecule has 2 aliphatic rings. The molecule has 0 saturated carbocycles. The van der Waals surface area contributed by atoms with E-state index in [0.717, 1.165) is 11.8 Å². The quantitative estimate of drug-likeness (QED) is 0.381. The standard InChI is InChI=1S/C17H20N4O7S/c1-17(9-28-16(25)20-7-5-18)12(15(23)24)21-13(22)11(14(21)29(17,26)27)8-10-4-2-3-6-19-10/h2-4,6,8,12,14H,5,7,9,18H2,1H3,(H,20,25)(H,23,24). The largest absolute Gasteiger partial charge is 0.480 e. The maximum absolute atomic E-state index is 13.2. The highest BCUT2D eigenvalue weighted by Gasteiger charge is 2.72. The Morgan fingerprint density at radius 2 is 2.17 bits per heavy atom. The first kappa shape index (κ1) is 20.7. The molecule has 3 rings (SSSR count). The van der Waals surface area contributed by atoms with E-state index in [0.29, 0.717) is 5.69 Å². The molecule has 2 aliphatic heterocycles. The number of rotatable bonds is 6. The lowest BCUT2D eigenvalue weighted by molar-refractivity contribution is -0.153. The average Bonchev–Trinajstić information content (AvgIpc) is 2.85. The number of pyridine rings is 1. The normalized spacial score (nSPS) is 28.6. The first-order valence-electron chi connectivity index (χ1n) is 8.67. The molecule has 0 aromatic carbocycles. The number of sulfone groups is 1. The van der Waals surface area contributed by atoms with Crippen LogP contribution in [0.5, 0.6) is 0 Å². The van der Waals surface area contributed by atoms with Gasteiger partial charge in [-0.1, -0.05) is 6.07 Å². The van der Waals surface area contributed by atoms with Crippen molar-refractivity contribution in [1.82, 2.24) is 15.2 Å². The zero-order valence-electron chi connectivity index (χ0n) is 15.4. The van der Waals surface area contributed by atoms with Crippen molar-refractivity contribution in [2.75, 3.05) is 19.7 Å². The summed E-state index contributed by atoms with van der Waals surface area (Å²) in [6.07, 6.45) is 1.87. The fourth-order valence-corrected chi connectivity index (χ4v) is 5.73. The van der Waals surface area contributed by atoms with Crippen LogP contribution in [0.25, 0.3) is 6.08 Å². The highest BCUT2D eigenvalue weighted by Crippen LogP contribution is 2.49. The predicted molar refractivity (Wildman–Crippen MR) is 100 cm³/mol. The van der Waals surface area contributed by atoms with Crippen LogP contribution in [-0.4, -0.2) is 77.2 Å². The molecular formula is C17H20N4O7S. The number of alkyl carbamates (subject to hydrolysis) is 1. The molecule has 0 bridgehead atoms. The summed E-state index contributed by atoms with van der Waals surface area (Å²) in [7, 11) is -4.24. The van der Waals surface area contributed by atoms with Crippen LogP contribution in [0.15, 0.2) is 30.0 Å². The Labute approximate surface area is 166 Å². The van der Waals surface area contributed by atoms with E-state index in [2.05, 4.69) is 10.3 Å². The lowest BCUT2D eigenvalue weighted by atomic mass is 9.94. The van der Waals surface area contributed by atoms with Crippen molar-refractivity contribution in [2.45, 2.75) is 23.1 Å². The molecule has 11 nitrogen and oxygen atoms in total. The second-order valence-corrected chi connectivity index (χ2v) is 9.28. The molecule has 3 unspecified atom stereocenters. The lowest BCUT2D eigenvalue weighted by Gasteiger charge is -2.37. The number of nitrogens with zero attached hydrogens (tertiary/aromatic N) is 2. The maximum Gasteiger partial charge on any atom is 0.407 e. The Bertz CT molecular complexity index is 979. The van der Waals surface area contributed by atoms with Crippen LogP contribution < -0.4 is 11.1 Å². The van der Waals surface area contributed by atoms with Crippen LogP contribution in [0.2, 0.25) is 0 Å². The Morgan fingerprint density at radius 3 is 2.76 bits per heavy atom. The summed E-state index contributed by atoms with van der Waals surface area (Å²) in [5.74, 6) is -2.22. The van der Waals surface area contributed by atoms with E-state index in [1.807, 2.05) is 0 Å². The number of fused-ring (bicyclic) bond motifs is 1. The molecule has 1 aromatic rings. The third-order valence-corrected chi connectivity index (χ3v) is 7.64. The summed E-state index contributed by atoms with van der Waals surface area (Å²) in [5.41, 5.74) is 5.55. The second-order valence-electron chi connectivity index (χ2n) is 6.81. The fraction of sp³-hybridized carbons (Fsp3) is 0.412. The third kappa shape index (κ3) is 3.23. The van der Waals surface area contributed by atoms with Gasteiger partial charge in [-0.05, 0) is 25.1 Å². The van der Waals surface area contributed by atoms with Crippen LogP contribution in [0, 0.1) is 0 Å². The molecule has 12 heteroatoms. The van der Waals surface area contributed by atoms with Crippen molar-refractivity contribution < 1.29 is 32.6 Å². The number of hydrogen-bond donors (Lipinski definition) is 3. The van der Waals surface area contributed by atoms with Crippen LogP contribution in [-0.2, 0) is 24.2 Å². The van der Waals surface area contributed by atoms with Crippen molar-refractivity contribution in [3.63, 3.8) is 0 Å². The van der Waals surface area contributed by atoms with Crippen molar-refractivity contribution in [1.29, 1.82) is 0 Å². The van der Waals surface area contributed by atoms with Crippen LogP contribution in [0.4, 0.5) is 4.79 Å². The Hall–Kier alpha value is -2.99. The van der Waals surface area contributed by atoms with Crippen molar-refractivity contribution in [3.8, 4) is 0 Å². The molecule has 3 atom stereocenters. The zero-order chi connectivity index (χ0) is 21.4. The highest BCUT2D eigenvalue weighted by atomic mass is 32.2. The van der Waals surface area contributed by atoms with Crippen molar-refractivity contribution in [3.05, 3.63) is 35.7 Å². The third-order valence-electron chi connectivity index (χ3n) is 4.93. The second kappa shape index (κ2) is 7.44. The monoisotopic (exact) mass is 424 g/mol. The van der Waals surface area contributed by atoms with Crippen molar-refractivity contribution in [2.24, 2.45) is 5.73 Å². The molecule has 156 valence electrons. The minimum Gasteiger partial charge on any atom is -0.480 e. The molecule has 0 radical (unpaired) electrons. The summed E-state index contributed by atoms with van der Waals surface area (Å²) >= 11 is 0. The molecule has 2 saturated heterocycles. The Kier molecular flexibility index (Phi) is 5.32. The highest BCUT2D eigenvalue weighted by molar-refractivity contribution is 7.94. The maximum atomic E-state index is 13.2. The number of amides is 2. The summed E-state index contributed by atoms with van der Waals surface area (Å²) in [5, 5.41) is 10.5. The van der Waals surface area contributed by atoms with Gasteiger partial charge in [-0.15, -0.1) is 0 Å². The van der Waals surface area contributed by atoms with Gasteiger partial charge in [-0.25, -0.2) is 18.0 Å². The minimum absolute atomic E-state index is 0.0775. The molecule has 1 aromatic heterocycles. The van der Waals surface area contributed by atoms with Crippen LogP contribution in [0.1, 0.15) is 12.6 Å². The van der Waals surface area contributed by atoms with E-state index in [1.165, 1.54) is 12.3 Å². The molecule has 2 fully saturated rings. The molecule has 0 spiro atoms. The number of aromatic nitrogens is 1. The van der Waals surface area contributed by atoms with E-state index in [1.54, 1.807) is 18.2 Å². The molecule has 4 N–H and O–H groups in total. The van der Waals surface area contributed by atoms with Gasteiger partial charge in [0.05, 0.1) is 11.3 Å². The van der Waals surface area contributed by atoms with Crippen LogP contribution >= 0.6 is 0 Å². The number of aliphatic carboxylic acids is 1. The van der Waals surface area contributed by atoms with Gasteiger partial charge < -0.3 is 25.8 Å². The van der Waals surface area contributed by atoms with Gasteiger partial charge in [0.25, 0.3) is 5.91 Å². The number of carbonyl (C=O) groups excluding carboxylic acids is 2. The number of hydrogen-bond acceptors (Lipinski definition) is 8. The molecule has 3 heterocycles. The van der Waals surface area contributed by atoms with E-state index in [-0.39, 0.29) is 18.7 Å². The fourth-order valence-electron chi connectivity index (χ4n) is 3.45. The van der Waals surface area contributed by atoms with Gasteiger partial charge in [0.2, 0.25) is 0 Å². The first-order chi connectivity index (χ1) is 13.6. The van der Waals surface area contributed by atoms with Gasteiger partial charge in [-0.2, -0.15) is 0 Å². The van der Waals surface area contributed by atoms with Gasteiger partial charge in [0.1, 0.15) is 11.4 Å². The molecular weight excluding hydrogens is 404 g/mol. The Morgan fingerprint density at radius 1 is 1.45 bits per heavy atom. The van der Waals surface area contributed by atoms with E-state index < -0.39 is 50.6 Å². The van der Waals surface area contributed by atoms with Crippen molar-refractivity contribution >= 4 is 33.9 Å². The predicted octanol–water partition coefficient (Wildman–Crippen LogP) is -1.04. The molecule has 29 heavy (non-hydrogen) atoms. The number of carbonyl (C=O) groups is 3. The molecule has 0 aliphatic carbocycles. The number of nitrogens with one attached hydrogen (secondary N) is 1. The Balaban J connectivity index is 1.95. The van der Waals surface area contributed by atoms with Gasteiger partial charge in [0.15, 0.2) is 21.3 Å². The summed E-state index contributed by atoms with van der Waals surface area (Å²) < 4.78 is 29.3. The van der Waals surface area contributed by atoms with Gasteiger partial charge in [-0.3, -0.25) is 9.78 Å². The minimum atomic E-state index is -4.24. The van der Waals surface area contributed by atoms with E-state index >= 15 is 0 Å². The number of ether oxygens (including phenoxy) is 1. The topological polar surface area (TPSA) is 169 Å².